The molecule has 1 heterocycles. The smallest absolute Gasteiger partial charge is 0.193 e. The second kappa shape index (κ2) is 7.87. The first-order valence-electron chi connectivity index (χ1n) is 8.41. The lowest BCUT2D eigenvalue weighted by atomic mass is 9.86. The number of hydrogen-bond acceptors (Lipinski definition) is 2. The fraction of sp³-hybridized carbons (Fsp3) is 0.938. The van der Waals surface area contributed by atoms with Crippen molar-refractivity contribution < 1.29 is 4.74 Å². The Bertz CT molecular complexity index is 311. The molecule has 0 aromatic rings. The van der Waals surface area contributed by atoms with Gasteiger partial charge in [0.2, 0.25) is 0 Å². The minimum Gasteiger partial charge on any atom is -0.382 e. The van der Waals surface area contributed by atoms with Gasteiger partial charge in [-0.25, -0.2) is 0 Å². The second-order valence-electron chi connectivity index (χ2n) is 6.16. The van der Waals surface area contributed by atoms with Crippen LogP contribution in [-0.2, 0) is 4.74 Å². The van der Waals surface area contributed by atoms with Crippen LogP contribution in [0.25, 0.3) is 0 Å². The van der Waals surface area contributed by atoms with E-state index in [0.29, 0.717) is 5.41 Å². The van der Waals surface area contributed by atoms with Crippen LogP contribution in [0.2, 0.25) is 0 Å². The molecule has 2 rings (SSSR count). The molecule has 0 aromatic heterocycles. The number of hydrogen-bond donors (Lipinski definition) is 1. The molecule has 1 saturated carbocycles. The molecule has 1 saturated heterocycles. The van der Waals surface area contributed by atoms with Crippen molar-refractivity contribution in [2.24, 2.45) is 10.4 Å². The lowest BCUT2D eigenvalue weighted by Gasteiger charge is -2.26. The molecule has 0 bridgehead atoms. The number of ether oxygens (including phenoxy) is 1. The lowest BCUT2D eigenvalue weighted by molar-refractivity contribution is 0.146. The van der Waals surface area contributed by atoms with E-state index in [1.54, 1.807) is 0 Å². The normalized spacial score (nSPS) is 21.9. The molecule has 0 radical (unpaired) electrons. The van der Waals surface area contributed by atoms with Crippen LogP contribution in [0.15, 0.2) is 4.99 Å². The van der Waals surface area contributed by atoms with Crippen LogP contribution in [0, 0.1) is 5.41 Å². The van der Waals surface area contributed by atoms with E-state index in [1.807, 2.05) is 6.92 Å². The molecule has 0 unspecified atom stereocenters. The van der Waals surface area contributed by atoms with Gasteiger partial charge < -0.3 is 15.0 Å². The summed E-state index contributed by atoms with van der Waals surface area (Å²) in [6.07, 6.45) is 8.07. The Hall–Kier alpha value is -0.770. The molecule has 4 nitrogen and oxygen atoms in total. The van der Waals surface area contributed by atoms with Crippen molar-refractivity contribution in [1.82, 2.24) is 10.2 Å². The highest BCUT2D eigenvalue weighted by Gasteiger charge is 2.40. The predicted octanol–water partition coefficient (Wildman–Crippen LogP) is 2.64. The van der Waals surface area contributed by atoms with Crippen LogP contribution in [-0.4, -0.2) is 50.3 Å². The molecule has 4 heteroatoms. The fourth-order valence-electron chi connectivity index (χ4n) is 3.57. The third-order valence-corrected chi connectivity index (χ3v) is 4.65. The Morgan fingerprint density at radius 2 is 2.05 bits per heavy atom. The molecule has 0 aromatic carbocycles. The number of rotatable bonds is 6. The number of guanidine groups is 1. The monoisotopic (exact) mass is 281 g/mol. The van der Waals surface area contributed by atoms with Gasteiger partial charge in [0.1, 0.15) is 0 Å². The maximum atomic E-state index is 5.37. The van der Waals surface area contributed by atoms with Crippen LogP contribution in [0.5, 0.6) is 0 Å². The Kier molecular flexibility index (Phi) is 6.14. The second-order valence-corrected chi connectivity index (χ2v) is 6.16. The average molecular weight is 281 g/mol. The number of aliphatic imine (C=N–C) groups is 1. The van der Waals surface area contributed by atoms with E-state index in [9.17, 15) is 0 Å². The molecule has 116 valence electrons. The summed E-state index contributed by atoms with van der Waals surface area (Å²) in [5.41, 5.74) is 0.613. The van der Waals surface area contributed by atoms with Gasteiger partial charge in [-0.2, -0.15) is 0 Å². The molecule has 2 aliphatic rings. The van der Waals surface area contributed by atoms with Gasteiger partial charge in [0.15, 0.2) is 5.96 Å². The van der Waals surface area contributed by atoms with Crippen molar-refractivity contribution in [3.63, 3.8) is 0 Å². The quantitative estimate of drug-likeness (QED) is 0.462. The third-order valence-electron chi connectivity index (χ3n) is 4.65. The molecule has 1 aliphatic heterocycles. The van der Waals surface area contributed by atoms with E-state index < -0.39 is 0 Å². The van der Waals surface area contributed by atoms with Gasteiger partial charge in [0, 0.05) is 39.4 Å². The van der Waals surface area contributed by atoms with Crippen LogP contribution < -0.4 is 5.32 Å². The van der Waals surface area contributed by atoms with Gasteiger partial charge in [-0.1, -0.05) is 12.8 Å². The van der Waals surface area contributed by atoms with Gasteiger partial charge in [0.05, 0.1) is 0 Å². The summed E-state index contributed by atoms with van der Waals surface area (Å²) in [5, 5.41) is 3.46. The van der Waals surface area contributed by atoms with Crippen molar-refractivity contribution in [3.05, 3.63) is 0 Å². The van der Waals surface area contributed by atoms with Crippen molar-refractivity contribution in [3.8, 4) is 0 Å². The van der Waals surface area contributed by atoms with E-state index in [-0.39, 0.29) is 0 Å². The summed E-state index contributed by atoms with van der Waals surface area (Å²) in [7, 11) is 0. The van der Waals surface area contributed by atoms with Crippen LogP contribution >= 0.6 is 0 Å². The summed E-state index contributed by atoms with van der Waals surface area (Å²) in [6.45, 7) is 10.0. The standard InChI is InChI=1S/C16H31N3O/c1-3-17-15(18-11-7-13-20-4-2)19-12-10-16(14-19)8-5-6-9-16/h3-14H2,1-2H3,(H,17,18). The van der Waals surface area contributed by atoms with E-state index in [2.05, 4.69) is 17.1 Å². The summed E-state index contributed by atoms with van der Waals surface area (Å²) >= 11 is 0. The average Bonchev–Trinajstić information content (AvgIpc) is 3.08. The van der Waals surface area contributed by atoms with Crippen molar-refractivity contribution in [1.29, 1.82) is 0 Å². The van der Waals surface area contributed by atoms with E-state index in [0.717, 1.165) is 38.7 Å². The van der Waals surface area contributed by atoms with Gasteiger partial charge in [-0.15, -0.1) is 0 Å². The minimum atomic E-state index is 0.613. The largest absolute Gasteiger partial charge is 0.382 e. The first-order valence-corrected chi connectivity index (χ1v) is 8.41. The highest BCUT2D eigenvalue weighted by molar-refractivity contribution is 5.80. The molecule has 0 atom stereocenters. The highest BCUT2D eigenvalue weighted by Crippen LogP contribution is 2.45. The Labute approximate surface area is 124 Å². The summed E-state index contributed by atoms with van der Waals surface area (Å²) < 4.78 is 5.37. The molecule has 2 fully saturated rings. The zero-order chi connectivity index (χ0) is 14.3. The first kappa shape index (κ1) is 15.6. The molecule has 1 spiro atoms. The maximum Gasteiger partial charge on any atom is 0.193 e. The molecular weight excluding hydrogens is 250 g/mol. The minimum absolute atomic E-state index is 0.613. The molecular formula is C16H31N3O. The van der Waals surface area contributed by atoms with E-state index >= 15 is 0 Å². The number of nitrogens with zero attached hydrogens (tertiary/aromatic N) is 2. The number of likely N-dealkylation sites (tertiary alicyclic amines) is 1. The SMILES string of the molecule is CCNC(=NCCCOCC)N1CCC2(CCCC2)C1. The maximum absolute atomic E-state index is 5.37. The molecule has 20 heavy (non-hydrogen) atoms. The molecule has 1 N–H and O–H groups in total. The zero-order valence-corrected chi connectivity index (χ0v) is 13.3. The van der Waals surface area contributed by atoms with Gasteiger partial charge in [-0.3, -0.25) is 4.99 Å². The Balaban J connectivity index is 1.83. The van der Waals surface area contributed by atoms with Crippen molar-refractivity contribution >= 4 is 5.96 Å². The third kappa shape index (κ3) is 4.11. The lowest BCUT2D eigenvalue weighted by Crippen LogP contribution is -2.41. The van der Waals surface area contributed by atoms with Crippen LogP contribution in [0.1, 0.15) is 52.4 Å². The summed E-state index contributed by atoms with van der Waals surface area (Å²) in [5.74, 6) is 1.12. The van der Waals surface area contributed by atoms with Crippen LogP contribution in [0.4, 0.5) is 0 Å². The van der Waals surface area contributed by atoms with Crippen LogP contribution in [0.3, 0.4) is 0 Å². The fourth-order valence-corrected chi connectivity index (χ4v) is 3.57. The summed E-state index contributed by atoms with van der Waals surface area (Å²) in [4.78, 5) is 7.25. The predicted molar refractivity (Wildman–Crippen MR) is 84.2 cm³/mol. The number of nitrogens with one attached hydrogen (secondary N) is 1. The topological polar surface area (TPSA) is 36.9 Å². The Morgan fingerprint density at radius 1 is 1.25 bits per heavy atom. The van der Waals surface area contributed by atoms with Gasteiger partial charge >= 0.3 is 0 Å². The Morgan fingerprint density at radius 3 is 2.75 bits per heavy atom. The van der Waals surface area contributed by atoms with E-state index in [4.69, 9.17) is 9.73 Å². The van der Waals surface area contributed by atoms with Gasteiger partial charge in [0.25, 0.3) is 0 Å². The highest BCUT2D eigenvalue weighted by atomic mass is 16.5. The zero-order valence-electron chi connectivity index (χ0n) is 13.3. The summed E-state index contributed by atoms with van der Waals surface area (Å²) in [6, 6.07) is 0. The molecule has 0 amide bonds. The molecule has 1 aliphatic carbocycles. The van der Waals surface area contributed by atoms with Gasteiger partial charge in [-0.05, 0) is 44.9 Å². The van der Waals surface area contributed by atoms with Crippen molar-refractivity contribution in [2.75, 3.05) is 39.4 Å². The van der Waals surface area contributed by atoms with E-state index in [1.165, 1.54) is 45.2 Å². The van der Waals surface area contributed by atoms with Crippen molar-refractivity contribution in [2.45, 2.75) is 52.4 Å². The first-order chi connectivity index (χ1) is 9.79.